The normalized spacial score (nSPS) is 11.0. The van der Waals surface area contributed by atoms with Crippen molar-refractivity contribution in [1.29, 1.82) is 0 Å². The Balaban J connectivity index is 2.06. The van der Waals surface area contributed by atoms with Crippen molar-refractivity contribution in [3.8, 4) is 11.5 Å². The van der Waals surface area contributed by atoms with Crippen molar-refractivity contribution in [2.45, 2.75) is 33.4 Å². The second kappa shape index (κ2) is 7.79. The summed E-state index contributed by atoms with van der Waals surface area (Å²) in [6.45, 7) is 6.41. The molecule has 0 unspecified atom stereocenters. The number of aryl methyl sites for hydroxylation is 1. The average molecular weight is 305 g/mol. The highest BCUT2D eigenvalue weighted by Crippen LogP contribution is 2.28. The first-order valence-electron chi connectivity index (χ1n) is 7.44. The fourth-order valence-corrected chi connectivity index (χ4v) is 2.20. The number of ether oxygens (including phenoxy) is 2. The largest absolute Gasteiger partial charge is 0.493 e. The minimum Gasteiger partial charge on any atom is -0.493 e. The van der Waals surface area contributed by atoms with Crippen LogP contribution in [0.25, 0.3) is 0 Å². The van der Waals surface area contributed by atoms with Crippen LogP contribution in [-0.4, -0.2) is 35.9 Å². The summed E-state index contributed by atoms with van der Waals surface area (Å²) in [5.74, 6) is 2.80. The summed E-state index contributed by atoms with van der Waals surface area (Å²) < 4.78 is 16.2. The Morgan fingerprint density at radius 2 is 1.73 bits per heavy atom. The van der Waals surface area contributed by atoms with Gasteiger partial charge in [-0.25, -0.2) is 0 Å². The summed E-state index contributed by atoms with van der Waals surface area (Å²) in [7, 11) is 3.28. The predicted octanol–water partition coefficient (Wildman–Crippen LogP) is 2.67. The van der Waals surface area contributed by atoms with E-state index in [1.165, 1.54) is 0 Å². The van der Waals surface area contributed by atoms with Crippen molar-refractivity contribution in [3.05, 3.63) is 35.5 Å². The van der Waals surface area contributed by atoms with Crippen LogP contribution < -0.4 is 9.47 Å². The molecule has 0 atom stereocenters. The van der Waals surface area contributed by atoms with Crippen LogP contribution in [-0.2, 0) is 19.5 Å². The summed E-state index contributed by atoms with van der Waals surface area (Å²) in [6, 6.07) is 5.95. The van der Waals surface area contributed by atoms with Crippen molar-refractivity contribution in [1.82, 2.24) is 15.1 Å². The Hall–Kier alpha value is -2.08. The molecule has 22 heavy (non-hydrogen) atoms. The molecule has 6 nitrogen and oxygen atoms in total. The third kappa shape index (κ3) is 3.98. The van der Waals surface area contributed by atoms with Gasteiger partial charge in [0.1, 0.15) is 0 Å². The average Bonchev–Trinajstić information content (AvgIpc) is 3.01. The van der Waals surface area contributed by atoms with E-state index in [0.29, 0.717) is 18.3 Å². The first kappa shape index (κ1) is 16.3. The molecule has 0 radical (unpaired) electrons. The fourth-order valence-electron chi connectivity index (χ4n) is 2.20. The van der Waals surface area contributed by atoms with Gasteiger partial charge in [0.05, 0.1) is 20.8 Å². The molecular weight excluding hydrogens is 282 g/mol. The van der Waals surface area contributed by atoms with E-state index in [4.69, 9.17) is 13.9 Å². The minimum atomic E-state index is 0.637. The van der Waals surface area contributed by atoms with Crippen LogP contribution in [0.4, 0.5) is 0 Å². The number of hydrogen-bond acceptors (Lipinski definition) is 6. The quantitative estimate of drug-likeness (QED) is 0.747. The monoisotopic (exact) mass is 305 g/mol. The molecule has 2 rings (SSSR count). The van der Waals surface area contributed by atoms with Crippen molar-refractivity contribution in [3.63, 3.8) is 0 Å². The second-order valence-corrected chi connectivity index (χ2v) is 4.94. The highest BCUT2D eigenvalue weighted by atomic mass is 16.5. The van der Waals surface area contributed by atoms with Gasteiger partial charge in [0.15, 0.2) is 11.5 Å². The van der Waals surface area contributed by atoms with E-state index in [1.54, 1.807) is 14.2 Å². The smallest absolute Gasteiger partial charge is 0.230 e. The van der Waals surface area contributed by atoms with E-state index in [0.717, 1.165) is 36.6 Å². The van der Waals surface area contributed by atoms with Gasteiger partial charge in [0.2, 0.25) is 11.8 Å². The maximum Gasteiger partial charge on any atom is 0.230 e. The van der Waals surface area contributed by atoms with Gasteiger partial charge in [-0.15, -0.1) is 10.2 Å². The molecule has 0 N–H and O–H groups in total. The molecule has 0 bridgehead atoms. The number of aromatic nitrogens is 2. The van der Waals surface area contributed by atoms with E-state index in [-0.39, 0.29) is 0 Å². The molecular formula is C16H23N3O3. The van der Waals surface area contributed by atoms with Gasteiger partial charge in [0, 0.05) is 13.0 Å². The molecule has 0 spiro atoms. The molecule has 0 amide bonds. The van der Waals surface area contributed by atoms with Crippen LogP contribution in [0.3, 0.4) is 0 Å². The molecule has 1 aromatic carbocycles. The molecule has 0 saturated heterocycles. The fraction of sp³-hybridized carbons (Fsp3) is 0.500. The van der Waals surface area contributed by atoms with Gasteiger partial charge < -0.3 is 13.9 Å². The van der Waals surface area contributed by atoms with Crippen molar-refractivity contribution < 1.29 is 13.9 Å². The second-order valence-electron chi connectivity index (χ2n) is 4.94. The predicted molar refractivity (Wildman–Crippen MR) is 83.0 cm³/mol. The van der Waals surface area contributed by atoms with E-state index in [2.05, 4.69) is 22.0 Å². The molecule has 0 fully saturated rings. The summed E-state index contributed by atoms with van der Waals surface area (Å²) in [5, 5.41) is 8.07. The van der Waals surface area contributed by atoms with Crippen LogP contribution in [0.15, 0.2) is 22.6 Å². The summed E-state index contributed by atoms with van der Waals surface area (Å²) >= 11 is 0. The molecule has 1 aromatic heterocycles. The Kier molecular flexibility index (Phi) is 5.77. The number of benzene rings is 1. The first-order chi connectivity index (χ1) is 10.7. The Labute approximate surface area is 131 Å². The molecule has 0 saturated carbocycles. The van der Waals surface area contributed by atoms with Crippen LogP contribution in [0.2, 0.25) is 0 Å². The van der Waals surface area contributed by atoms with Crippen molar-refractivity contribution >= 4 is 0 Å². The lowest BCUT2D eigenvalue weighted by molar-refractivity contribution is 0.239. The lowest BCUT2D eigenvalue weighted by Gasteiger charge is -2.19. The van der Waals surface area contributed by atoms with Crippen LogP contribution >= 0.6 is 0 Å². The maximum absolute atomic E-state index is 5.58. The summed E-state index contributed by atoms with van der Waals surface area (Å²) in [4.78, 5) is 2.23. The minimum absolute atomic E-state index is 0.637. The van der Waals surface area contributed by atoms with E-state index >= 15 is 0 Å². The molecule has 2 aromatic rings. The molecule has 120 valence electrons. The number of methoxy groups -OCH3 is 2. The molecule has 1 heterocycles. The van der Waals surface area contributed by atoms with Crippen molar-refractivity contribution in [2.75, 3.05) is 20.8 Å². The highest BCUT2D eigenvalue weighted by Gasteiger charge is 2.12. The summed E-state index contributed by atoms with van der Waals surface area (Å²) in [6.07, 6.45) is 0.759. The van der Waals surface area contributed by atoms with Gasteiger partial charge in [0.25, 0.3) is 0 Å². The molecule has 0 aliphatic heterocycles. The van der Waals surface area contributed by atoms with Gasteiger partial charge in [-0.05, 0) is 24.2 Å². The lowest BCUT2D eigenvalue weighted by Crippen LogP contribution is -2.22. The first-order valence-corrected chi connectivity index (χ1v) is 7.44. The highest BCUT2D eigenvalue weighted by molar-refractivity contribution is 5.42. The van der Waals surface area contributed by atoms with Crippen LogP contribution in [0.1, 0.15) is 31.2 Å². The Morgan fingerprint density at radius 3 is 2.32 bits per heavy atom. The molecule has 6 heteroatoms. The third-order valence-corrected chi connectivity index (χ3v) is 3.47. The Morgan fingerprint density at radius 1 is 1.00 bits per heavy atom. The van der Waals surface area contributed by atoms with E-state index in [9.17, 15) is 0 Å². The lowest BCUT2D eigenvalue weighted by atomic mass is 10.2. The summed E-state index contributed by atoms with van der Waals surface area (Å²) in [5.41, 5.74) is 1.15. The zero-order valence-electron chi connectivity index (χ0n) is 13.6. The third-order valence-electron chi connectivity index (χ3n) is 3.47. The van der Waals surface area contributed by atoms with Crippen molar-refractivity contribution in [2.24, 2.45) is 0 Å². The van der Waals surface area contributed by atoms with E-state index in [1.807, 2.05) is 25.1 Å². The SMILES string of the molecule is CCc1nnc(CN(CC)Cc2ccc(OC)c(OC)c2)o1. The zero-order chi connectivity index (χ0) is 15.9. The van der Waals surface area contributed by atoms with E-state index < -0.39 is 0 Å². The van der Waals surface area contributed by atoms with Crippen LogP contribution in [0.5, 0.6) is 11.5 Å². The number of rotatable bonds is 8. The van der Waals surface area contributed by atoms with Gasteiger partial charge in [-0.2, -0.15) is 0 Å². The van der Waals surface area contributed by atoms with Gasteiger partial charge in [-0.1, -0.05) is 19.9 Å². The standard InChI is InChI=1S/C16H23N3O3/c1-5-15-17-18-16(22-15)11-19(6-2)10-12-7-8-13(20-3)14(9-12)21-4/h7-9H,5-6,10-11H2,1-4H3. The molecule has 0 aliphatic rings. The van der Waals surface area contributed by atoms with Gasteiger partial charge >= 0.3 is 0 Å². The molecule has 0 aliphatic carbocycles. The zero-order valence-corrected chi connectivity index (χ0v) is 13.6. The number of hydrogen-bond donors (Lipinski definition) is 0. The number of nitrogens with zero attached hydrogens (tertiary/aromatic N) is 3. The van der Waals surface area contributed by atoms with Gasteiger partial charge in [-0.3, -0.25) is 4.90 Å². The van der Waals surface area contributed by atoms with Crippen LogP contribution in [0, 0.1) is 0 Å². The maximum atomic E-state index is 5.58. The topological polar surface area (TPSA) is 60.6 Å². The Bertz CT molecular complexity index is 598.